The predicted octanol–water partition coefficient (Wildman–Crippen LogP) is 7.61. The number of benzene rings is 3. The number of para-hydroxylation sites is 1. The van der Waals surface area contributed by atoms with E-state index < -0.39 is 0 Å². The Balaban J connectivity index is 0.00000231. The maximum absolute atomic E-state index is 6.13. The van der Waals surface area contributed by atoms with Gasteiger partial charge in [0.15, 0.2) is 0 Å². The molecular weight excluding hydrogens is 645 g/mol. The van der Waals surface area contributed by atoms with E-state index in [4.69, 9.17) is 13.6 Å². The van der Waals surface area contributed by atoms with Crippen molar-refractivity contribution < 1.29 is 34.6 Å². The molecule has 0 atom stereocenters. The van der Waals surface area contributed by atoms with E-state index >= 15 is 0 Å². The second kappa shape index (κ2) is 8.32. The molecule has 5 aromatic heterocycles. The first kappa shape index (κ1) is 21.8. The Labute approximate surface area is 224 Å². The summed E-state index contributed by atoms with van der Waals surface area (Å²) in [5, 5.41) is 3.81. The van der Waals surface area contributed by atoms with Crippen LogP contribution in [0.15, 0.2) is 100 Å². The Bertz CT molecular complexity index is 2090. The molecule has 0 unspecified atom stereocenters. The van der Waals surface area contributed by atoms with Crippen molar-refractivity contribution >= 4 is 54.8 Å². The Morgan fingerprint density at radius 3 is 2.49 bits per heavy atom. The first-order chi connectivity index (χ1) is 17.8. The summed E-state index contributed by atoms with van der Waals surface area (Å²) in [6.07, 6.45) is 3.54. The number of rotatable bonds is 3. The molecule has 0 aliphatic rings. The van der Waals surface area contributed by atoms with Gasteiger partial charge in [0.05, 0.1) is 11.1 Å². The van der Waals surface area contributed by atoms with Crippen LogP contribution in [-0.4, -0.2) is 14.5 Å². The smallest absolute Gasteiger partial charge is 0.499 e. The number of ether oxygens (including phenoxy) is 1. The van der Waals surface area contributed by atoms with Crippen molar-refractivity contribution in [2.24, 2.45) is 0 Å². The molecule has 0 bridgehead atoms. The summed E-state index contributed by atoms with van der Waals surface area (Å²) in [7, 11) is 0. The third kappa shape index (κ3) is 3.30. The van der Waals surface area contributed by atoms with Gasteiger partial charge in [-0.15, -0.1) is 22.9 Å². The largest absolute Gasteiger partial charge is 2.00 e. The van der Waals surface area contributed by atoms with Gasteiger partial charge in [-0.05, 0) is 41.8 Å². The molecule has 0 saturated heterocycles. The molecule has 6 nitrogen and oxygen atoms in total. The van der Waals surface area contributed by atoms with E-state index in [1.807, 2.05) is 66.7 Å². The molecule has 178 valence electrons. The third-order valence-corrected chi connectivity index (χ3v) is 6.42. The van der Waals surface area contributed by atoms with Crippen molar-refractivity contribution in [2.45, 2.75) is 0 Å². The number of furan rings is 2. The number of nitrogens with zero attached hydrogens (tertiary/aromatic N) is 3. The van der Waals surface area contributed by atoms with Crippen molar-refractivity contribution in [3.8, 4) is 17.5 Å². The van der Waals surface area contributed by atoms with Gasteiger partial charge in [0.2, 0.25) is 5.95 Å². The molecule has 37 heavy (non-hydrogen) atoms. The maximum Gasteiger partial charge on any atom is 2.00 e. The molecule has 0 N–H and O–H groups in total. The van der Waals surface area contributed by atoms with Gasteiger partial charge in [0, 0.05) is 29.2 Å². The van der Waals surface area contributed by atoms with Crippen molar-refractivity contribution in [3.05, 3.63) is 103 Å². The quantitative estimate of drug-likeness (QED) is 0.183. The second-order valence-corrected chi connectivity index (χ2v) is 8.51. The Morgan fingerprint density at radius 1 is 0.703 bits per heavy atom. The molecule has 0 radical (unpaired) electrons. The van der Waals surface area contributed by atoms with Gasteiger partial charge < -0.3 is 18.1 Å². The SMILES string of the molecule is [Pt+2].[c-]1c(Oc2[c-]c3c(cc2)c2ccccc2n3-c2ccccn2)oc2ccc3oc4cccnc4c3c12. The van der Waals surface area contributed by atoms with Gasteiger partial charge >= 0.3 is 21.1 Å². The summed E-state index contributed by atoms with van der Waals surface area (Å²) in [4.78, 5) is 9.07. The molecule has 0 fully saturated rings. The minimum atomic E-state index is 0. The van der Waals surface area contributed by atoms with Gasteiger partial charge in [-0.2, -0.15) is 6.07 Å². The minimum absolute atomic E-state index is 0. The Hall–Kier alpha value is -4.41. The topological polar surface area (TPSA) is 66.2 Å². The van der Waals surface area contributed by atoms with Gasteiger partial charge in [-0.1, -0.05) is 47.3 Å². The second-order valence-electron chi connectivity index (χ2n) is 8.51. The fourth-order valence-corrected chi connectivity index (χ4v) is 4.90. The standard InChI is InChI=1S/C30H15N3O3.Pt/c1-2-7-22-19(6-1)20-11-10-18(16-23(20)33(22)27-9-3-4-14-31-27)34-28-17-21-24(36-28)12-13-25-29(21)30-26(35-25)8-5-15-32-30;/h1-15H;/q-2;+2. The number of aromatic nitrogens is 3. The third-order valence-electron chi connectivity index (χ3n) is 6.42. The van der Waals surface area contributed by atoms with Crippen LogP contribution in [0, 0.1) is 12.1 Å². The summed E-state index contributed by atoms with van der Waals surface area (Å²) in [5.41, 5.74) is 4.79. The molecule has 7 heteroatoms. The molecule has 3 aromatic carbocycles. The monoisotopic (exact) mass is 660 g/mol. The van der Waals surface area contributed by atoms with Crippen LogP contribution in [0.25, 0.3) is 60.7 Å². The first-order valence-electron chi connectivity index (χ1n) is 11.5. The van der Waals surface area contributed by atoms with Crippen molar-refractivity contribution in [2.75, 3.05) is 0 Å². The van der Waals surface area contributed by atoms with E-state index in [9.17, 15) is 0 Å². The zero-order chi connectivity index (χ0) is 23.6. The average Bonchev–Trinajstić information content (AvgIpc) is 3.59. The van der Waals surface area contributed by atoms with Gasteiger partial charge in [0.25, 0.3) is 0 Å². The molecule has 0 saturated carbocycles. The molecule has 0 aliphatic carbocycles. The number of fused-ring (bicyclic) bond motifs is 8. The van der Waals surface area contributed by atoms with Crippen molar-refractivity contribution in [1.29, 1.82) is 0 Å². The van der Waals surface area contributed by atoms with Crippen LogP contribution in [0.3, 0.4) is 0 Å². The molecular formula is C30H15N3O3Pt. The van der Waals surface area contributed by atoms with Gasteiger partial charge in [-0.25, -0.2) is 4.98 Å². The predicted molar refractivity (Wildman–Crippen MR) is 138 cm³/mol. The van der Waals surface area contributed by atoms with Gasteiger partial charge in [0.1, 0.15) is 11.4 Å². The van der Waals surface area contributed by atoms with Crippen LogP contribution in [-0.2, 0) is 21.1 Å². The molecule has 8 aromatic rings. The molecule has 5 heterocycles. The van der Waals surface area contributed by atoms with E-state index in [1.54, 1.807) is 12.4 Å². The summed E-state index contributed by atoms with van der Waals surface area (Å²) in [6, 6.07) is 32.2. The maximum atomic E-state index is 6.13. The van der Waals surface area contributed by atoms with E-state index in [0.29, 0.717) is 11.3 Å². The van der Waals surface area contributed by atoms with Crippen LogP contribution in [0.4, 0.5) is 0 Å². The van der Waals surface area contributed by atoms with Crippen molar-refractivity contribution in [1.82, 2.24) is 14.5 Å². The zero-order valence-corrected chi connectivity index (χ0v) is 21.3. The van der Waals surface area contributed by atoms with E-state index in [0.717, 1.165) is 55.1 Å². The van der Waals surface area contributed by atoms with Gasteiger partial charge in [-0.3, -0.25) is 4.98 Å². The molecule has 0 amide bonds. The fraction of sp³-hybridized carbons (Fsp3) is 0. The minimum Gasteiger partial charge on any atom is -0.499 e. The average molecular weight is 661 g/mol. The van der Waals surface area contributed by atoms with Crippen molar-refractivity contribution in [3.63, 3.8) is 0 Å². The molecule has 0 aliphatic heterocycles. The molecule has 8 rings (SSSR count). The number of pyridine rings is 2. The number of hydrogen-bond acceptors (Lipinski definition) is 5. The summed E-state index contributed by atoms with van der Waals surface area (Å²) in [5.74, 6) is 1.58. The van der Waals surface area contributed by atoms with E-state index in [-0.39, 0.29) is 27.0 Å². The van der Waals surface area contributed by atoms with Crippen LogP contribution >= 0.6 is 0 Å². The first-order valence-corrected chi connectivity index (χ1v) is 11.5. The van der Waals surface area contributed by atoms with Crippen LogP contribution in [0.2, 0.25) is 0 Å². The summed E-state index contributed by atoms with van der Waals surface area (Å²) >= 11 is 0. The number of hydrogen-bond donors (Lipinski definition) is 0. The fourth-order valence-electron chi connectivity index (χ4n) is 4.90. The van der Waals surface area contributed by atoms with Crippen LogP contribution in [0.1, 0.15) is 0 Å². The normalized spacial score (nSPS) is 11.6. The Kier molecular flexibility index (Phi) is 4.91. The van der Waals surface area contributed by atoms with Crippen LogP contribution < -0.4 is 4.74 Å². The van der Waals surface area contributed by atoms with E-state index in [2.05, 4.69) is 38.8 Å². The summed E-state index contributed by atoms with van der Waals surface area (Å²) < 4.78 is 20.2. The van der Waals surface area contributed by atoms with E-state index in [1.165, 1.54) is 0 Å². The van der Waals surface area contributed by atoms with Crippen LogP contribution in [0.5, 0.6) is 11.7 Å². The molecule has 0 spiro atoms. The summed E-state index contributed by atoms with van der Waals surface area (Å²) in [6.45, 7) is 0. The Morgan fingerprint density at radius 2 is 1.57 bits per heavy atom. The zero-order valence-electron chi connectivity index (χ0n) is 19.0.